The van der Waals surface area contributed by atoms with E-state index in [1.165, 1.54) is 24.3 Å². The van der Waals surface area contributed by atoms with Crippen LogP contribution in [0.1, 0.15) is 11.1 Å². The van der Waals surface area contributed by atoms with Crippen LogP contribution in [0.5, 0.6) is 5.75 Å². The van der Waals surface area contributed by atoms with Gasteiger partial charge in [-0.1, -0.05) is 18.1 Å². The molecule has 2 rings (SSSR count). The predicted octanol–water partition coefficient (Wildman–Crippen LogP) is 2.01. The second-order valence-electron chi connectivity index (χ2n) is 4.29. The van der Waals surface area contributed by atoms with Crippen molar-refractivity contribution in [2.24, 2.45) is 5.73 Å². The second kappa shape index (κ2) is 7.02. The van der Waals surface area contributed by atoms with Crippen LogP contribution in [0.4, 0.5) is 5.69 Å². The Morgan fingerprint density at radius 1 is 1.14 bits per heavy atom. The van der Waals surface area contributed by atoms with Gasteiger partial charge in [0.05, 0.1) is 4.92 Å². The molecule has 0 heterocycles. The molecule has 0 fully saturated rings. The molecule has 0 radical (unpaired) electrons. The first kappa shape index (κ1) is 15.2. The van der Waals surface area contributed by atoms with Crippen LogP contribution >= 0.6 is 0 Å². The Kier molecular flexibility index (Phi) is 4.85. The van der Waals surface area contributed by atoms with E-state index >= 15 is 0 Å². The first-order valence-electron chi connectivity index (χ1n) is 6.36. The normalized spacial score (nSPS) is 9.50. The van der Waals surface area contributed by atoms with Crippen molar-refractivity contribution < 1.29 is 14.5 Å². The monoisotopic (exact) mass is 296 g/mol. The molecule has 110 valence electrons. The number of nitrogens with zero attached hydrogens (tertiary/aromatic N) is 1. The molecular formula is C16H12N2O4. The van der Waals surface area contributed by atoms with Crippen LogP contribution in [0.25, 0.3) is 0 Å². The molecule has 2 N–H and O–H groups in total. The number of carbonyl (C=O) groups excluding carboxylic acids is 1. The lowest BCUT2D eigenvalue weighted by molar-refractivity contribution is -0.384. The van der Waals surface area contributed by atoms with E-state index in [9.17, 15) is 14.9 Å². The standard InChI is InChI=1S/C16H12N2O4/c17-11-13-3-1-12(2-4-13)5-10-16(19)22-15-8-6-14(7-9-15)18(20)21/h1-4,6-9H,11,17H2. The molecule has 0 spiro atoms. The minimum absolute atomic E-state index is 0.0779. The fraction of sp³-hybridized carbons (Fsp3) is 0.0625. The van der Waals surface area contributed by atoms with Gasteiger partial charge in [-0.2, -0.15) is 0 Å². The van der Waals surface area contributed by atoms with E-state index in [2.05, 4.69) is 11.8 Å². The molecule has 2 aromatic carbocycles. The number of nitro groups is 1. The third-order valence-corrected chi connectivity index (χ3v) is 2.76. The summed E-state index contributed by atoms with van der Waals surface area (Å²) in [5.74, 6) is 4.48. The molecule has 0 aliphatic heterocycles. The molecule has 6 nitrogen and oxygen atoms in total. The predicted molar refractivity (Wildman–Crippen MR) is 79.9 cm³/mol. The lowest BCUT2D eigenvalue weighted by Gasteiger charge is -1.99. The van der Waals surface area contributed by atoms with E-state index in [-0.39, 0.29) is 11.4 Å². The highest BCUT2D eigenvalue weighted by atomic mass is 16.6. The maximum absolute atomic E-state index is 11.6. The van der Waals surface area contributed by atoms with Crippen LogP contribution < -0.4 is 10.5 Å². The van der Waals surface area contributed by atoms with Crippen LogP contribution in [0, 0.1) is 22.0 Å². The maximum atomic E-state index is 11.6. The number of carbonyl (C=O) groups is 1. The van der Waals surface area contributed by atoms with Crippen LogP contribution in [-0.4, -0.2) is 10.9 Å². The average Bonchev–Trinajstić information content (AvgIpc) is 2.54. The zero-order chi connectivity index (χ0) is 15.9. The van der Waals surface area contributed by atoms with Crippen LogP contribution in [0.2, 0.25) is 0 Å². The van der Waals surface area contributed by atoms with Gasteiger partial charge in [0, 0.05) is 30.2 Å². The molecule has 0 unspecified atom stereocenters. The molecular weight excluding hydrogens is 284 g/mol. The van der Waals surface area contributed by atoms with E-state index in [0.717, 1.165) is 5.56 Å². The maximum Gasteiger partial charge on any atom is 0.390 e. The molecule has 0 atom stereocenters. The van der Waals surface area contributed by atoms with Gasteiger partial charge < -0.3 is 10.5 Å². The average molecular weight is 296 g/mol. The fourth-order valence-electron chi connectivity index (χ4n) is 1.62. The second-order valence-corrected chi connectivity index (χ2v) is 4.29. The Hall–Kier alpha value is -3.17. The highest BCUT2D eigenvalue weighted by Gasteiger charge is 2.06. The van der Waals surface area contributed by atoms with Gasteiger partial charge in [-0.3, -0.25) is 10.1 Å². The topological polar surface area (TPSA) is 95.5 Å². The number of non-ortho nitro benzene ring substituents is 1. The largest absolute Gasteiger partial charge is 0.417 e. The summed E-state index contributed by atoms with van der Waals surface area (Å²) in [5.41, 5.74) is 7.04. The number of hydrogen-bond donors (Lipinski definition) is 1. The van der Waals surface area contributed by atoms with Crippen molar-refractivity contribution in [2.45, 2.75) is 6.54 Å². The van der Waals surface area contributed by atoms with Gasteiger partial charge in [0.2, 0.25) is 0 Å². The van der Waals surface area contributed by atoms with Crippen LogP contribution in [0.3, 0.4) is 0 Å². The molecule has 0 aliphatic rings. The summed E-state index contributed by atoms with van der Waals surface area (Å²) in [5, 5.41) is 10.5. The molecule has 2 aromatic rings. The number of ether oxygens (including phenoxy) is 1. The lowest BCUT2D eigenvalue weighted by atomic mass is 10.1. The molecule has 0 aliphatic carbocycles. The molecule has 0 saturated heterocycles. The summed E-state index contributed by atoms with van der Waals surface area (Å²) in [6.07, 6.45) is 0. The van der Waals surface area contributed by atoms with Gasteiger partial charge in [0.15, 0.2) is 0 Å². The Morgan fingerprint density at radius 3 is 2.32 bits per heavy atom. The first-order chi connectivity index (χ1) is 10.6. The Morgan fingerprint density at radius 2 is 1.77 bits per heavy atom. The summed E-state index contributed by atoms with van der Waals surface area (Å²) in [6, 6.07) is 12.4. The molecule has 0 amide bonds. The number of esters is 1. The first-order valence-corrected chi connectivity index (χ1v) is 6.36. The van der Waals surface area contributed by atoms with Crippen molar-refractivity contribution in [1.82, 2.24) is 0 Å². The zero-order valence-corrected chi connectivity index (χ0v) is 11.5. The molecule has 6 heteroatoms. The van der Waals surface area contributed by atoms with E-state index in [1.807, 2.05) is 12.1 Å². The SMILES string of the molecule is NCc1ccc(C#CC(=O)Oc2ccc([N+](=O)[O-])cc2)cc1. The smallest absolute Gasteiger partial charge is 0.390 e. The zero-order valence-electron chi connectivity index (χ0n) is 11.5. The summed E-state index contributed by atoms with van der Waals surface area (Å²) in [6.45, 7) is 0.440. The van der Waals surface area contributed by atoms with E-state index in [1.54, 1.807) is 12.1 Å². The van der Waals surface area contributed by atoms with Gasteiger partial charge in [0.1, 0.15) is 5.75 Å². The molecule has 0 aromatic heterocycles. The summed E-state index contributed by atoms with van der Waals surface area (Å²) in [4.78, 5) is 21.6. The van der Waals surface area contributed by atoms with Gasteiger partial charge in [-0.25, -0.2) is 4.79 Å². The number of nitro benzene ring substituents is 1. The fourth-order valence-corrected chi connectivity index (χ4v) is 1.62. The third-order valence-electron chi connectivity index (χ3n) is 2.76. The Bertz CT molecular complexity index is 740. The summed E-state index contributed by atoms with van der Waals surface area (Å²) < 4.78 is 4.96. The van der Waals surface area contributed by atoms with Crippen molar-refractivity contribution in [3.63, 3.8) is 0 Å². The van der Waals surface area contributed by atoms with Crippen LogP contribution in [0.15, 0.2) is 48.5 Å². The van der Waals surface area contributed by atoms with Gasteiger partial charge in [-0.15, -0.1) is 0 Å². The Balaban J connectivity index is 2.00. The van der Waals surface area contributed by atoms with Crippen molar-refractivity contribution in [1.29, 1.82) is 0 Å². The van der Waals surface area contributed by atoms with Crippen molar-refractivity contribution in [3.05, 3.63) is 69.8 Å². The van der Waals surface area contributed by atoms with Gasteiger partial charge in [-0.05, 0) is 29.8 Å². The Labute approximate surface area is 126 Å². The minimum Gasteiger partial charge on any atom is -0.417 e. The van der Waals surface area contributed by atoms with Crippen molar-refractivity contribution >= 4 is 11.7 Å². The number of benzene rings is 2. The summed E-state index contributed by atoms with van der Waals surface area (Å²) in [7, 11) is 0. The molecule has 0 bridgehead atoms. The van der Waals surface area contributed by atoms with Crippen LogP contribution in [-0.2, 0) is 11.3 Å². The van der Waals surface area contributed by atoms with E-state index in [0.29, 0.717) is 12.1 Å². The minimum atomic E-state index is -0.739. The van der Waals surface area contributed by atoms with Crippen molar-refractivity contribution in [2.75, 3.05) is 0 Å². The van der Waals surface area contributed by atoms with Gasteiger partial charge in [0.25, 0.3) is 5.69 Å². The third kappa shape index (κ3) is 4.16. The lowest BCUT2D eigenvalue weighted by Crippen LogP contribution is -2.04. The van der Waals surface area contributed by atoms with E-state index < -0.39 is 10.9 Å². The van der Waals surface area contributed by atoms with E-state index in [4.69, 9.17) is 10.5 Å². The molecule has 0 saturated carbocycles. The highest BCUT2D eigenvalue weighted by molar-refractivity contribution is 5.90. The van der Waals surface area contributed by atoms with Gasteiger partial charge >= 0.3 is 5.97 Å². The quantitative estimate of drug-likeness (QED) is 0.307. The molecule has 22 heavy (non-hydrogen) atoms. The summed E-state index contributed by atoms with van der Waals surface area (Å²) >= 11 is 0. The highest BCUT2D eigenvalue weighted by Crippen LogP contribution is 2.17. The number of hydrogen-bond acceptors (Lipinski definition) is 5. The number of rotatable bonds is 3. The van der Waals surface area contributed by atoms with Crippen molar-refractivity contribution in [3.8, 4) is 17.6 Å². The number of nitrogens with two attached hydrogens (primary N) is 1.